The highest BCUT2D eigenvalue weighted by Crippen LogP contribution is 1.88. The molecule has 0 aromatic heterocycles. The van der Waals surface area contributed by atoms with Gasteiger partial charge in [0.15, 0.2) is 0 Å². The van der Waals surface area contributed by atoms with E-state index < -0.39 is 6.10 Å². The molecule has 118 valence electrons. The van der Waals surface area contributed by atoms with Crippen LogP contribution < -0.4 is 16.0 Å². The highest BCUT2D eigenvalue weighted by atomic mass is 16.3. The van der Waals surface area contributed by atoms with E-state index in [1.165, 1.54) is 0 Å². The van der Waals surface area contributed by atoms with Crippen LogP contribution in [0.3, 0.4) is 0 Å². The van der Waals surface area contributed by atoms with Gasteiger partial charge in [-0.25, -0.2) is 0 Å². The summed E-state index contributed by atoms with van der Waals surface area (Å²) in [5.41, 5.74) is 0. The monoisotopic (exact) mass is 287 g/mol. The number of aliphatic hydroxyl groups is 1. The topological polar surface area (TPSA) is 90.5 Å². The standard InChI is InChI=1S/C14H29N3O3/c1-3-6-13(19)16-9-4-7-15-8-5-10-17-14(20)11-12(2)18/h12,15,18H,3-11H2,1-2H3,(H,16,19)(H,17,20). The predicted molar refractivity (Wildman–Crippen MR) is 79.3 cm³/mol. The van der Waals surface area contributed by atoms with Crippen LogP contribution >= 0.6 is 0 Å². The number of carbonyl (C=O) groups is 2. The van der Waals surface area contributed by atoms with Gasteiger partial charge in [-0.3, -0.25) is 9.59 Å². The molecule has 0 aliphatic carbocycles. The van der Waals surface area contributed by atoms with Gasteiger partial charge in [-0.15, -0.1) is 0 Å². The second kappa shape index (κ2) is 12.9. The quantitative estimate of drug-likeness (QED) is 0.385. The van der Waals surface area contributed by atoms with E-state index in [0.29, 0.717) is 19.5 Å². The van der Waals surface area contributed by atoms with Gasteiger partial charge in [-0.2, -0.15) is 0 Å². The molecule has 0 aromatic carbocycles. The number of hydrogen-bond acceptors (Lipinski definition) is 4. The molecule has 1 unspecified atom stereocenters. The lowest BCUT2D eigenvalue weighted by molar-refractivity contribution is -0.123. The van der Waals surface area contributed by atoms with Crippen molar-refractivity contribution in [1.29, 1.82) is 0 Å². The maximum atomic E-state index is 11.2. The molecule has 0 saturated heterocycles. The maximum absolute atomic E-state index is 11.2. The van der Waals surface area contributed by atoms with E-state index in [0.717, 1.165) is 32.4 Å². The summed E-state index contributed by atoms with van der Waals surface area (Å²) in [5.74, 6) is 0.00645. The number of rotatable bonds is 12. The van der Waals surface area contributed by atoms with Crippen molar-refractivity contribution >= 4 is 11.8 Å². The van der Waals surface area contributed by atoms with Crippen LogP contribution in [0.2, 0.25) is 0 Å². The van der Waals surface area contributed by atoms with Crippen molar-refractivity contribution in [2.45, 2.75) is 52.1 Å². The average Bonchev–Trinajstić information content (AvgIpc) is 2.36. The van der Waals surface area contributed by atoms with Gasteiger partial charge in [-0.05, 0) is 39.3 Å². The minimum absolute atomic E-state index is 0.112. The Morgan fingerprint density at radius 1 is 1.00 bits per heavy atom. The average molecular weight is 287 g/mol. The predicted octanol–water partition coefficient (Wildman–Crippen LogP) is 0.160. The first-order valence-corrected chi connectivity index (χ1v) is 7.48. The van der Waals surface area contributed by atoms with Crippen molar-refractivity contribution in [3.05, 3.63) is 0 Å². The maximum Gasteiger partial charge on any atom is 0.222 e. The number of hydrogen-bond donors (Lipinski definition) is 4. The van der Waals surface area contributed by atoms with Crippen LogP contribution in [0.15, 0.2) is 0 Å². The van der Waals surface area contributed by atoms with Crippen LogP contribution in [0.1, 0.15) is 46.0 Å². The Bertz CT molecular complexity index is 270. The summed E-state index contributed by atoms with van der Waals surface area (Å²) in [6.07, 6.45) is 2.81. The number of carbonyl (C=O) groups excluding carboxylic acids is 2. The molecule has 0 radical (unpaired) electrons. The van der Waals surface area contributed by atoms with E-state index in [1.54, 1.807) is 6.92 Å². The van der Waals surface area contributed by atoms with Gasteiger partial charge in [0.1, 0.15) is 0 Å². The third-order valence-electron chi connectivity index (χ3n) is 2.66. The van der Waals surface area contributed by atoms with Crippen molar-refractivity contribution in [1.82, 2.24) is 16.0 Å². The van der Waals surface area contributed by atoms with Crippen molar-refractivity contribution in [2.75, 3.05) is 26.2 Å². The summed E-state index contributed by atoms with van der Waals surface area (Å²) < 4.78 is 0. The summed E-state index contributed by atoms with van der Waals surface area (Å²) in [4.78, 5) is 22.4. The number of amides is 2. The summed E-state index contributed by atoms with van der Waals surface area (Å²) in [7, 11) is 0. The zero-order valence-electron chi connectivity index (χ0n) is 12.7. The molecule has 0 heterocycles. The van der Waals surface area contributed by atoms with Crippen LogP contribution in [-0.4, -0.2) is 49.2 Å². The minimum atomic E-state index is -0.587. The molecule has 1 atom stereocenters. The Morgan fingerprint density at radius 2 is 1.55 bits per heavy atom. The first kappa shape index (κ1) is 18.9. The van der Waals surface area contributed by atoms with Gasteiger partial charge >= 0.3 is 0 Å². The van der Waals surface area contributed by atoms with Gasteiger partial charge in [0.2, 0.25) is 11.8 Å². The molecule has 0 aliphatic heterocycles. The molecule has 0 saturated carbocycles. The molecule has 6 heteroatoms. The zero-order chi connectivity index (χ0) is 15.2. The molecule has 4 N–H and O–H groups in total. The first-order chi connectivity index (χ1) is 9.56. The second-order valence-electron chi connectivity index (χ2n) is 4.96. The third-order valence-corrected chi connectivity index (χ3v) is 2.66. The normalized spacial score (nSPS) is 11.9. The second-order valence-corrected chi connectivity index (χ2v) is 4.96. The molecule has 0 aliphatic rings. The largest absolute Gasteiger partial charge is 0.393 e. The van der Waals surface area contributed by atoms with E-state index in [1.807, 2.05) is 6.92 Å². The van der Waals surface area contributed by atoms with Gasteiger partial charge in [0.05, 0.1) is 12.5 Å². The summed E-state index contributed by atoms with van der Waals surface area (Å²) in [6.45, 7) is 6.59. The summed E-state index contributed by atoms with van der Waals surface area (Å²) >= 11 is 0. The summed E-state index contributed by atoms with van der Waals surface area (Å²) in [6, 6.07) is 0. The lowest BCUT2D eigenvalue weighted by Crippen LogP contribution is -2.30. The SMILES string of the molecule is CCCC(=O)NCCCNCCCNC(=O)CC(C)O. The van der Waals surface area contributed by atoms with Gasteiger partial charge < -0.3 is 21.1 Å². The Labute approximate surface area is 121 Å². The molecule has 0 aromatic rings. The van der Waals surface area contributed by atoms with Gasteiger partial charge in [0, 0.05) is 19.5 Å². The fourth-order valence-corrected chi connectivity index (χ4v) is 1.66. The van der Waals surface area contributed by atoms with Gasteiger partial charge in [-0.1, -0.05) is 6.92 Å². The molecule has 0 bridgehead atoms. The Kier molecular flexibility index (Phi) is 12.1. The van der Waals surface area contributed by atoms with Crippen molar-refractivity contribution in [3.8, 4) is 0 Å². The molecule has 0 spiro atoms. The van der Waals surface area contributed by atoms with E-state index in [-0.39, 0.29) is 18.2 Å². The first-order valence-electron chi connectivity index (χ1n) is 7.48. The molecule has 0 fully saturated rings. The van der Waals surface area contributed by atoms with Crippen LogP contribution in [0.4, 0.5) is 0 Å². The third kappa shape index (κ3) is 13.3. The number of aliphatic hydroxyl groups excluding tert-OH is 1. The lowest BCUT2D eigenvalue weighted by Gasteiger charge is -2.08. The highest BCUT2D eigenvalue weighted by Gasteiger charge is 2.04. The smallest absolute Gasteiger partial charge is 0.222 e. The van der Waals surface area contributed by atoms with E-state index in [4.69, 9.17) is 5.11 Å². The lowest BCUT2D eigenvalue weighted by atomic mass is 10.2. The Hall–Kier alpha value is -1.14. The van der Waals surface area contributed by atoms with E-state index >= 15 is 0 Å². The highest BCUT2D eigenvalue weighted by molar-refractivity contribution is 5.76. The molecule has 0 rings (SSSR count). The Balaban J connectivity index is 3.21. The van der Waals surface area contributed by atoms with Crippen LogP contribution in [0.5, 0.6) is 0 Å². The number of nitrogens with one attached hydrogen (secondary N) is 3. The molecular weight excluding hydrogens is 258 g/mol. The van der Waals surface area contributed by atoms with Gasteiger partial charge in [0.25, 0.3) is 0 Å². The van der Waals surface area contributed by atoms with Crippen molar-refractivity contribution in [3.63, 3.8) is 0 Å². The minimum Gasteiger partial charge on any atom is -0.393 e. The van der Waals surface area contributed by atoms with Crippen LogP contribution in [-0.2, 0) is 9.59 Å². The van der Waals surface area contributed by atoms with Crippen molar-refractivity contribution < 1.29 is 14.7 Å². The summed E-state index contributed by atoms with van der Waals surface area (Å²) in [5, 5.41) is 17.9. The zero-order valence-corrected chi connectivity index (χ0v) is 12.7. The van der Waals surface area contributed by atoms with E-state index in [9.17, 15) is 9.59 Å². The van der Waals surface area contributed by atoms with Crippen molar-refractivity contribution in [2.24, 2.45) is 0 Å². The molecule has 6 nitrogen and oxygen atoms in total. The fourth-order valence-electron chi connectivity index (χ4n) is 1.66. The fraction of sp³-hybridized carbons (Fsp3) is 0.857. The molecular formula is C14H29N3O3. The molecule has 2 amide bonds. The molecule has 20 heavy (non-hydrogen) atoms. The van der Waals surface area contributed by atoms with E-state index in [2.05, 4.69) is 16.0 Å². The Morgan fingerprint density at radius 3 is 2.05 bits per heavy atom. The van der Waals surface area contributed by atoms with Crippen LogP contribution in [0.25, 0.3) is 0 Å². The van der Waals surface area contributed by atoms with Crippen LogP contribution in [0, 0.1) is 0 Å².